The molecule has 5 heteroatoms. The summed E-state index contributed by atoms with van der Waals surface area (Å²) in [4.78, 5) is 0. The molecule has 0 atom stereocenters. The Morgan fingerprint density at radius 3 is 2.77 bits per heavy atom. The molecular formula is C8H9BrN2O2. The van der Waals surface area contributed by atoms with Gasteiger partial charge in [0.2, 0.25) is 0 Å². The highest BCUT2D eigenvalue weighted by atomic mass is 79.9. The quantitative estimate of drug-likeness (QED) is 0.359. The molecule has 0 unspecified atom stereocenters. The maximum Gasteiger partial charge on any atom is 0.171 e. The van der Waals surface area contributed by atoms with Crippen LogP contribution < -0.4 is 10.5 Å². The van der Waals surface area contributed by atoms with E-state index in [2.05, 4.69) is 21.1 Å². The SMILES string of the molecule is COc1ccc(C(N)=NO)c(Br)c1. The fourth-order valence-electron chi connectivity index (χ4n) is 0.884. The van der Waals surface area contributed by atoms with E-state index in [1.165, 1.54) is 0 Å². The van der Waals surface area contributed by atoms with Crippen molar-refractivity contribution in [2.75, 3.05) is 7.11 Å². The molecule has 1 rings (SSSR count). The van der Waals surface area contributed by atoms with Gasteiger partial charge in [0.1, 0.15) is 5.75 Å². The van der Waals surface area contributed by atoms with E-state index in [0.29, 0.717) is 11.3 Å². The molecule has 0 aliphatic carbocycles. The predicted molar refractivity (Wildman–Crippen MR) is 53.2 cm³/mol. The zero-order chi connectivity index (χ0) is 9.84. The van der Waals surface area contributed by atoms with Crippen LogP contribution >= 0.6 is 15.9 Å². The molecule has 0 fully saturated rings. The summed E-state index contributed by atoms with van der Waals surface area (Å²) in [6, 6.07) is 5.18. The standard InChI is InChI=1S/C8H9BrN2O2/c1-13-5-2-3-6(7(9)4-5)8(10)11-12/h2-4,12H,1H3,(H2,10,11). The predicted octanol–water partition coefficient (Wildman–Crippen LogP) is 1.55. The van der Waals surface area contributed by atoms with Crippen molar-refractivity contribution in [3.8, 4) is 5.75 Å². The first kappa shape index (κ1) is 9.85. The molecule has 0 radical (unpaired) electrons. The number of hydrogen-bond acceptors (Lipinski definition) is 3. The third-order valence-electron chi connectivity index (χ3n) is 1.56. The summed E-state index contributed by atoms with van der Waals surface area (Å²) >= 11 is 3.28. The van der Waals surface area contributed by atoms with E-state index in [9.17, 15) is 0 Å². The normalized spacial score (nSPS) is 11.4. The summed E-state index contributed by atoms with van der Waals surface area (Å²) in [6.45, 7) is 0. The first-order valence-electron chi connectivity index (χ1n) is 3.50. The lowest BCUT2D eigenvalue weighted by Crippen LogP contribution is -2.13. The summed E-state index contributed by atoms with van der Waals surface area (Å²) in [5.41, 5.74) is 6.04. The Hall–Kier alpha value is -1.23. The molecule has 0 heterocycles. The Morgan fingerprint density at radius 2 is 2.31 bits per heavy atom. The minimum absolute atomic E-state index is 0.0644. The molecule has 0 bridgehead atoms. The van der Waals surface area contributed by atoms with Crippen LogP contribution in [0, 0.1) is 0 Å². The summed E-state index contributed by atoms with van der Waals surface area (Å²) in [7, 11) is 1.57. The molecule has 0 saturated carbocycles. The Kier molecular flexibility index (Phi) is 3.13. The summed E-state index contributed by atoms with van der Waals surface area (Å²) in [5.74, 6) is 0.774. The number of rotatable bonds is 2. The molecule has 1 aromatic carbocycles. The number of amidine groups is 1. The molecule has 3 N–H and O–H groups in total. The molecule has 4 nitrogen and oxygen atoms in total. The smallest absolute Gasteiger partial charge is 0.171 e. The average Bonchev–Trinajstić information content (AvgIpc) is 2.16. The van der Waals surface area contributed by atoms with Crippen LogP contribution in [0.2, 0.25) is 0 Å². The minimum atomic E-state index is 0.0644. The Labute approximate surface area is 84.1 Å². The van der Waals surface area contributed by atoms with Crippen LogP contribution in [-0.4, -0.2) is 18.2 Å². The molecule has 0 amide bonds. The van der Waals surface area contributed by atoms with Crippen molar-refractivity contribution in [2.24, 2.45) is 10.9 Å². The van der Waals surface area contributed by atoms with Crippen LogP contribution in [-0.2, 0) is 0 Å². The molecule has 0 spiro atoms. The van der Waals surface area contributed by atoms with Gasteiger partial charge >= 0.3 is 0 Å². The number of nitrogens with zero attached hydrogens (tertiary/aromatic N) is 1. The summed E-state index contributed by atoms with van der Waals surface area (Å²) in [6.07, 6.45) is 0. The monoisotopic (exact) mass is 244 g/mol. The van der Waals surface area contributed by atoms with E-state index < -0.39 is 0 Å². The minimum Gasteiger partial charge on any atom is -0.497 e. The first-order chi connectivity index (χ1) is 6.19. The molecule has 70 valence electrons. The molecular weight excluding hydrogens is 236 g/mol. The highest BCUT2D eigenvalue weighted by Crippen LogP contribution is 2.22. The molecule has 0 aliphatic rings. The van der Waals surface area contributed by atoms with E-state index in [1.54, 1.807) is 25.3 Å². The Balaban J connectivity index is 3.12. The lowest BCUT2D eigenvalue weighted by molar-refractivity contribution is 0.318. The van der Waals surface area contributed by atoms with Crippen molar-refractivity contribution in [1.29, 1.82) is 0 Å². The first-order valence-corrected chi connectivity index (χ1v) is 4.29. The second kappa shape index (κ2) is 4.13. The topological polar surface area (TPSA) is 67.8 Å². The fourth-order valence-corrected chi connectivity index (χ4v) is 1.45. The van der Waals surface area contributed by atoms with Crippen molar-refractivity contribution >= 4 is 21.8 Å². The van der Waals surface area contributed by atoms with Gasteiger partial charge in [-0.25, -0.2) is 0 Å². The zero-order valence-electron chi connectivity index (χ0n) is 6.99. The average molecular weight is 245 g/mol. The van der Waals surface area contributed by atoms with Gasteiger partial charge in [0.15, 0.2) is 5.84 Å². The van der Waals surface area contributed by atoms with Gasteiger partial charge in [0, 0.05) is 10.0 Å². The van der Waals surface area contributed by atoms with Crippen LogP contribution in [0.15, 0.2) is 27.8 Å². The highest BCUT2D eigenvalue weighted by Gasteiger charge is 2.05. The third-order valence-corrected chi connectivity index (χ3v) is 2.22. The van der Waals surface area contributed by atoms with Crippen molar-refractivity contribution < 1.29 is 9.94 Å². The number of halogens is 1. The summed E-state index contributed by atoms with van der Waals surface area (Å²) in [5, 5.41) is 11.3. The van der Waals surface area contributed by atoms with Crippen LogP contribution in [0.4, 0.5) is 0 Å². The van der Waals surface area contributed by atoms with Crippen LogP contribution in [0.5, 0.6) is 5.75 Å². The third kappa shape index (κ3) is 2.12. The van der Waals surface area contributed by atoms with Gasteiger partial charge in [-0.05, 0) is 34.1 Å². The fraction of sp³-hybridized carbons (Fsp3) is 0.125. The molecule has 1 aromatic rings. The lowest BCUT2D eigenvalue weighted by atomic mass is 10.2. The molecule has 0 saturated heterocycles. The molecule has 0 aromatic heterocycles. The lowest BCUT2D eigenvalue weighted by Gasteiger charge is -2.04. The molecule has 13 heavy (non-hydrogen) atoms. The van der Waals surface area contributed by atoms with E-state index in [1.807, 2.05) is 0 Å². The molecule has 0 aliphatic heterocycles. The second-order valence-electron chi connectivity index (χ2n) is 2.33. The Bertz CT molecular complexity index is 339. The maximum atomic E-state index is 8.45. The number of ether oxygens (including phenoxy) is 1. The Morgan fingerprint density at radius 1 is 1.62 bits per heavy atom. The van der Waals surface area contributed by atoms with Crippen LogP contribution in [0.3, 0.4) is 0 Å². The number of nitrogens with two attached hydrogens (primary N) is 1. The van der Waals surface area contributed by atoms with Gasteiger partial charge in [-0.1, -0.05) is 5.16 Å². The zero-order valence-corrected chi connectivity index (χ0v) is 8.58. The van der Waals surface area contributed by atoms with Crippen molar-refractivity contribution in [3.05, 3.63) is 28.2 Å². The number of oxime groups is 1. The number of benzene rings is 1. The van der Waals surface area contributed by atoms with Crippen molar-refractivity contribution in [1.82, 2.24) is 0 Å². The van der Waals surface area contributed by atoms with E-state index in [-0.39, 0.29) is 5.84 Å². The van der Waals surface area contributed by atoms with Gasteiger partial charge in [-0.3, -0.25) is 0 Å². The largest absolute Gasteiger partial charge is 0.497 e. The number of hydrogen-bond donors (Lipinski definition) is 2. The maximum absolute atomic E-state index is 8.45. The van der Waals surface area contributed by atoms with Gasteiger partial charge in [-0.2, -0.15) is 0 Å². The van der Waals surface area contributed by atoms with Crippen LogP contribution in [0.1, 0.15) is 5.56 Å². The van der Waals surface area contributed by atoms with Gasteiger partial charge in [-0.15, -0.1) is 0 Å². The van der Waals surface area contributed by atoms with E-state index in [4.69, 9.17) is 15.7 Å². The van der Waals surface area contributed by atoms with E-state index >= 15 is 0 Å². The van der Waals surface area contributed by atoms with Gasteiger partial charge in [0.05, 0.1) is 7.11 Å². The van der Waals surface area contributed by atoms with Crippen molar-refractivity contribution in [2.45, 2.75) is 0 Å². The second-order valence-corrected chi connectivity index (χ2v) is 3.19. The van der Waals surface area contributed by atoms with Gasteiger partial charge in [0.25, 0.3) is 0 Å². The highest BCUT2D eigenvalue weighted by molar-refractivity contribution is 9.10. The van der Waals surface area contributed by atoms with Crippen LogP contribution in [0.25, 0.3) is 0 Å². The summed E-state index contributed by atoms with van der Waals surface area (Å²) < 4.78 is 5.71. The number of methoxy groups -OCH3 is 1. The van der Waals surface area contributed by atoms with Gasteiger partial charge < -0.3 is 15.7 Å². The van der Waals surface area contributed by atoms with Crippen molar-refractivity contribution in [3.63, 3.8) is 0 Å². The van der Waals surface area contributed by atoms with E-state index in [0.717, 1.165) is 4.47 Å².